The van der Waals surface area contributed by atoms with Gasteiger partial charge in [0.15, 0.2) is 0 Å². The number of rotatable bonds is 6. The molecule has 0 radical (unpaired) electrons. The van der Waals surface area contributed by atoms with Gasteiger partial charge in [-0.3, -0.25) is 4.79 Å². The molecule has 3 heteroatoms. The summed E-state index contributed by atoms with van der Waals surface area (Å²) in [5, 5.41) is 2.93. The summed E-state index contributed by atoms with van der Waals surface area (Å²) < 4.78 is 0. The lowest BCUT2D eigenvalue weighted by Gasteiger charge is -2.19. The molecule has 0 spiro atoms. The molecular weight excluding hydrogens is 272 g/mol. The van der Waals surface area contributed by atoms with Crippen molar-refractivity contribution in [2.45, 2.75) is 26.7 Å². The average molecular weight is 296 g/mol. The zero-order valence-corrected chi connectivity index (χ0v) is 13.6. The highest BCUT2D eigenvalue weighted by molar-refractivity contribution is 6.04. The van der Waals surface area contributed by atoms with E-state index in [1.165, 1.54) is 18.5 Å². The van der Waals surface area contributed by atoms with Crippen LogP contribution in [-0.4, -0.2) is 19.5 Å². The first-order valence-electron chi connectivity index (χ1n) is 7.79. The van der Waals surface area contributed by atoms with Crippen LogP contribution in [-0.2, 0) is 0 Å². The summed E-state index contributed by atoms with van der Waals surface area (Å²) in [6.45, 7) is 5.25. The second-order valence-electron chi connectivity index (χ2n) is 5.64. The number of anilines is 2. The Balaban J connectivity index is 1.98. The third kappa shape index (κ3) is 4.35. The van der Waals surface area contributed by atoms with Gasteiger partial charge in [0.05, 0.1) is 0 Å². The van der Waals surface area contributed by atoms with Crippen LogP contribution in [0.15, 0.2) is 48.5 Å². The second kappa shape index (κ2) is 7.64. The minimum atomic E-state index is -0.0768. The maximum atomic E-state index is 12.2. The van der Waals surface area contributed by atoms with Crippen LogP contribution >= 0.6 is 0 Å². The van der Waals surface area contributed by atoms with Crippen molar-refractivity contribution >= 4 is 17.3 Å². The molecule has 0 aliphatic carbocycles. The van der Waals surface area contributed by atoms with E-state index in [4.69, 9.17) is 0 Å². The molecule has 0 fully saturated rings. The molecular formula is C19H24N2O. The predicted molar refractivity (Wildman–Crippen MR) is 93.8 cm³/mol. The standard InChI is InChI=1S/C19H24N2O/c1-4-5-14-21(3)18-12-10-17(11-13-18)20-19(22)16-8-6-15(2)7-9-16/h6-13H,4-5,14H2,1-3H3,(H,20,22). The van der Waals surface area contributed by atoms with E-state index < -0.39 is 0 Å². The molecule has 0 aromatic heterocycles. The van der Waals surface area contributed by atoms with E-state index in [0.717, 1.165) is 17.8 Å². The Hall–Kier alpha value is -2.29. The first-order chi connectivity index (χ1) is 10.6. The third-order valence-corrected chi connectivity index (χ3v) is 3.73. The molecule has 116 valence electrons. The summed E-state index contributed by atoms with van der Waals surface area (Å²) >= 11 is 0. The van der Waals surface area contributed by atoms with Crippen molar-refractivity contribution in [2.24, 2.45) is 0 Å². The third-order valence-electron chi connectivity index (χ3n) is 3.73. The number of hydrogen-bond acceptors (Lipinski definition) is 2. The van der Waals surface area contributed by atoms with Crippen molar-refractivity contribution in [3.05, 3.63) is 59.7 Å². The Bertz CT molecular complexity index is 602. The molecule has 0 unspecified atom stereocenters. The van der Waals surface area contributed by atoms with Gasteiger partial charge in [-0.1, -0.05) is 31.0 Å². The first-order valence-corrected chi connectivity index (χ1v) is 7.79. The Kier molecular flexibility index (Phi) is 5.59. The van der Waals surface area contributed by atoms with Crippen LogP contribution in [0.4, 0.5) is 11.4 Å². The molecule has 2 aromatic rings. The maximum Gasteiger partial charge on any atom is 0.255 e. The highest BCUT2D eigenvalue weighted by Crippen LogP contribution is 2.18. The lowest BCUT2D eigenvalue weighted by Crippen LogP contribution is -2.18. The van der Waals surface area contributed by atoms with Gasteiger partial charge in [0.2, 0.25) is 0 Å². The molecule has 0 saturated heterocycles. The predicted octanol–water partition coefficient (Wildman–Crippen LogP) is 4.48. The summed E-state index contributed by atoms with van der Waals surface area (Å²) in [5.74, 6) is -0.0768. The largest absolute Gasteiger partial charge is 0.375 e. The van der Waals surface area contributed by atoms with Gasteiger partial charge in [0, 0.05) is 30.5 Å². The van der Waals surface area contributed by atoms with E-state index in [2.05, 4.69) is 24.2 Å². The summed E-state index contributed by atoms with van der Waals surface area (Å²) in [7, 11) is 2.09. The SMILES string of the molecule is CCCCN(C)c1ccc(NC(=O)c2ccc(C)cc2)cc1. The molecule has 1 N–H and O–H groups in total. The molecule has 22 heavy (non-hydrogen) atoms. The molecule has 2 aromatic carbocycles. The summed E-state index contributed by atoms with van der Waals surface area (Å²) in [4.78, 5) is 14.4. The summed E-state index contributed by atoms with van der Waals surface area (Å²) in [6.07, 6.45) is 2.37. The molecule has 0 aliphatic heterocycles. The number of aryl methyl sites for hydroxylation is 1. The highest BCUT2D eigenvalue weighted by atomic mass is 16.1. The maximum absolute atomic E-state index is 12.2. The van der Waals surface area contributed by atoms with Crippen molar-refractivity contribution in [1.29, 1.82) is 0 Å². The smallest absolute Gasteiger partial charge is 0.255 e. The van der Waals surface area contributed by atoms with E-state index in [1.54, 1.807) is 0 Å². The molecule has 1 amide bonds. The van der Waals surface area contributed by atoms with E-state index in [9.17, 15) is 4.79 Å². The summed E-state index contributed by atoms with van der Waals surface area (Å²) in [5.41, 5.74) is 3.81. The fraction of sp³-hybridized carbons (Fsp3) is 0.316. The molecule has 0 saturated carbocycles. The van der Waals surface area contributed by atoms with Crippen LogP contribution in [0.25, 0.3) is 0 Å². The fourth-order valence-corrected chi connectivity index (χ4v) is 2.23. The molecule has 0 atom stereocenters. The Morgan fingerprint density at radius 2 is 1.68 bits per heavy atom. The van der Waals surface area contributed by atoms with E-state index in [-0.39, 0.29) is 5.91 Å². The van der Waals surface area contributed by atoms with Crippen molar-refractivity contribution < 1.29 is 4.79 Å². The van der Waals surface area contributed by atoms with Gasteiger partial charge >= 0.3 is 0 Å². The van der Waals surface area contributed by atoms with E-state index in [1.807, 2.05) is 55.5 Å². The van der Waals surface area contributed by atoms with Crippen LogP contribution in [0.1, 0.15) is 35.7 Å². The number of benzene rings is 2. The van der Waals surface area contributed by atoms with Crippen LogP contribution < -0.4 is 10.2 Å². The number of amides is 1. The Morgan fingerprint density at radius 1 is 1.05 bits per heavy atom. The van der Waals surface area contributed by atoms with Gasteiger partial charge in [-0.2, -0.15) is 0 Å². The minimum Gasteiger partial charge on any atom is -0.375 e. The fourth-order valence-electron chi connectivity index (χ4n) is 2.23. The zero-order valence-electron chi connectivity index (χ0n) is 13.6. The molecule has 2 rings (SSSR count). The monoisotopic (exact) mass is 296 g/mol. The van der Waals surface area contributed by atoms with E-state index in [0.29, 0.717) is 5.56 Å². The average Bonchev–Trinajstić information content (AvgIpc) is 2.54. The van der Waals surface area contributed by atoms with Gasteiger partial charge in [-0.15, -0.1) is 0 Å². The molecule has 3 nitrogen and oxygen atoms in total. The second-order valence-corrected chi connectivity index (χ2v) is 5.64. The van der Waals surface area contributed by atoms with Crippen molar-refractivity contribution in [1.82, 2.24) is 0 Å². The van der Waals surface area contributed by atoms with Gasteiger partial charge in [-0.05, 0) is 49.7 Å². The number of nitrogens with zero attached hydrogens (tertiary/aromatic N) is 1. The molecule has 0 heterocycles. The molecule has 0 aliphatic rings. The van der Waals surface area contributed by atoms with Crippen LogP contribution in [0.5, 0.6) is 0 Å². The normalized spacial score (nSPS) is 10.3. The van der Waals surface area contributed by atoms with Crippen molar-refractivity contribution in [3.8, 4) is 0 Å². The Labute approximate surface area is 133 Å². The topological polar surface area (TPSA) is 32.3 Å². The number of unbranched alkanes of at least 4 members (excludes halogenated alkanes) is 1. The lowest BCUT2D eigenvalue weighted by atomic mass is 10.1. The van der Waals surface area contributed by atoms with Crippen LogP contribution in [0.2, 0.25) is 0 Å². The summed E-state index contributed by atoms with van der Waals surface area (Å²) in [6, 6.07) is 15.6. The Morgan fingerprint density at radius 3 is 2.27 bits per heavy atom. The van der Waals surface area contributed by atoms with Gasteiger partial charge < -0.3 is 10.2 Å². The quantitative estimate of drug-likeness (QED) is 0.852. The number of hydrogen-bond donors (Lipinski definition) is 1. The molecule has 0 bridgehead atoms. The highest BCUT2D eigenvalue weighted by Gasteiger charge is 2.06. The van der Waals surface area contributed by atoms with Gasteiger partial charge in [0.25, 0.3) is 5.91 Å². The van der Waals surface area contributed by atoms with Gasteiger partial charge in [0.1, 0.15) is 0 Å². The van der Waals surface area contributed by atoms with Gasteiger partial charge in [-0.25, -0.2) is 0 Å². The number of carbonyl (C=O) groups is 1. The lowest BCUT2D eigenvalue weighted by molar-refractivity contribution is 0.102. The first kappa shape index (κ1) is 16.1. The van der Waals surface area contributed by atoms with Crippen LogP contribution in [0.3, 0.4) is 0 Å². The van der Waals surface area contributed by atoms with E-state index >= 15 is 0 Å². The zero-order chi connectivity index (χ0) is 15.9. The number of nitrogens with one attached hydrogen (secondary N) is 1. The van der Waals surface area contributed by atoms with Crippen molar-refractivity contribution in [2.75, 3.05) is 23.8 Å². The van der Waals surface area contributed by atoms with Crippen molar-refractivity contribution in [3.63, 3.8) is 0 Å². The number of carbonyl (C=O) groups excluding carboxylic acids is 1. The minimum absolute atomic E-state index is 0.0768. The van der Waals surface area contributed by atoms with Crippen LogP contribution in [0, 0.1) is 6.92 Å².